The van der Waals surface area contributed by atoms with E-state index in [4.69, 9.17) is 17.3 Å². The predicted octanol–water partition coefficient (Wildman–Crippen LogP) is 5.18. The van der Waals surface area contributed by atoms with E-state index >= 15 is 0 Å². The molecule has 0 bridgehead atoms. The molecule has 126 valence electrons. The molecule has 1 aliphatic rings. The Labute approximate surface area is 148 Å². The average Bonchev–Trinajstić information content (AvgIpc) is 3.10. The molecule has 1 saturated carbocycles. The number of fused-ring (bicyclic) bond motifs is 1. The molecule has 0 atom stereocenters. The van der Waals surface area contributed by atoms with E-state index in [0.29, 0.717) is 28.1 Å². The first-order valence-corrected chi connectivity index (χ1v) is 9.37. The minimum Gasteiger partial charge on any atom is -0.384 e. The van der Waals surface area contributed by atoms with Gasteiger partial charge in [-0.3, -0.25) is 4.40 Å². The average molecular weight is 365 g/mol. The maximum Gasteiger partial charge on any atom is 0.197 e. The number of thiazole rings is 1. The first-order chi connectivity index (χ1) is 11.6. The monoisotopic (exact) mass is 364 g/mol. The van der Waals surface area contributed by atoms with Gasteiger partial charge in [0.1, 0.15) is 23.1 Å². The third-order valence-electron chi connectivity index (χ3n) is 4.54. The number of nitrogens with zero attached hydrogens (tertiary/aromatic N) is 2. The van der Waals surface area contributed by atoms with Gasteiger partial charge in [0.05, 0.1) is 10.6 Å². The molecule has 3 aromatic rings. The molecule has 3 N–H and O–H groups in total. The van der Waals surface area contributed by atoms with Crippen molar-refractivity contribution in [1.29, 1.82) is 0 Å². The van der Waals surface area contributed by atoms with Crippen LogP contribution in [0.2, 0.25) is 5.02 Å². The lowest BCUT2D eigenvalue weighted by atomic mass is 9.95. The summed E-state index contributed by atoms with van der Waals surface area (Å²) in [6, 6.07) is 5.04. The molecule has 2 aromatic heterocycles. The van der Waals surface area contributed by atoms with Crippen LogP contribution in [0.15, 0.2) is 23.6 Å². The predicted molar refractivity (Wildman–Crippen MR) is 98.4 cm³/mol. The van der Waals surface area contributed by atoms with E-state index in [1.54, 1.807) is 12.1 Å². The van der Waals surface area contributed by atoms with E-state index in [2.05, 4.69) is 10.3 Å². The molecule has 4 nitrogen and oxygen atoms in total. The first-order valence-electron chi connectivity index (χ1n) is 8.11. The fourth-order valence-corrected chi connectivity index (χ4v) is 4.39. The van der Waals surface area contributed by atoms with Crippen LogP contribution in [0.25, 0.3) is 16.2 Å². The van der Waals surface area contributed by atoms with Crippen molar-refractivity contribution < 1.29 is 4.39 Å². The highest BCUT2D eigenvalue weighted by atomic mass is 35.5. The molecular weight excluding hydrogens is 347 g/mol. The lowest BCUT2D eigenvalue weighted by Crippen LogP contribution is -2.23. The van der Waals surface area contributed by atoms with Crippen molar-refractivity contribution >= 4 is 39.5 Å². The fourth-order valence-electron chi connectivity index (χ4n) is 3.36. The molecule has 0 saturated heterocycles. The van der Waals surface area contributed by atoms with Gasteiger partial charge in [-0.2, -0.15) is 0 Å². The minimum absolute atomic E-state index is 0.327. The third-order valence-corrected chi connectivity index (χ3v) is 5.69. The molecule has 0 radical (unpaired) electrons. The van der Waals surface area contributed by atoms with Gasteiger partial charge < -0.3 is 11.1 Å². The molecule has 24 heavy (non-hydrogen) atoms. The van der Waals surface area contributed by atoms with E-state index in [-0.39, 0.29) is 5.82 Å². The summed E-state index contributed by atoms with van der Waals surface area (Å²) < 4.78 is 16.3. The van der Waals surface area contributed by atoms with E-state index < -0.39 is 0 Å². The smallest absolute Gasteiger partial charge is 0.197 e. The van der Waals surface area contributed by atoms with Crippen LogP contribution in [0.5, 0.6) is 0 Å². The van der Waals surface area contributed by atoms with Gasteiger partial charge in [-0.1, -0.05) is 36.9 Å². The molecule has 1 aliphatic carbocycles. The zero-order valence-corrected chi connectivity index (χ0v) is 14.6. The zero-order valence-electron chi connectivity index (χ0n) is 13.1. The summed E-state index contributed by atoms with van der Waals surface area (Å²) in [5.74, 6) is 0.959. The summed E-state index contributed by atoms with van der Waals surface area (Å²) in [7, 11) is 0. The van der Waals surface area contributed by atoms with Crippen molar-refractivity contribution in [3.63, 3.8) is 0 Å². The van der Waals surface area contributed by atoms with Gasteiger partial charge in [0, 0.05) is 11.4 Å². The Morgan fingerprint density at radius 2 is 2.08 bits per heavy atom. The van der Waals surface area contributed by atoms with Crippen molar-refractivity contribution in [3.05, 3.63) is 34.4 Å². The summed E-state index contributed by atoms with van der Waals surface area (Å²) in [6.45, 7) is 0. The lowest BCUT2D eigenvalue weighted by molar-refractivity contribution is 0.462. The van der Waals surface area contributed by atoms with E-state index in [1.807, 2.05) is 9.78 Å². The van der Waals surface area contributed by atoms with E-state index in [9.17, 15) is 4.39 Å². The lowest BCUT2D eigenvalue weighted by Gasteiger charge is -2.24. The van der Waals surface area contributed by atoms with Crippen LogP contribution in [0.4, 0.5) is 16.0 Å². The van der Waals surface area contributed by atoms with Crippen molar-refractivity contribution in [2.75, 3.05) is 11.1 Å². The standard InChI is InChI=1S/C17H18ClFN4S/c18-11-7-4-8-12(19)14(11)15-16(21-10-5-2-1-3-6-10)23-13(20)9-24-17(23)22-15/h4,7-10,21H,1-3,5-6,20H2. The van der Waals surface area contributed by atoms with Gasteiger partial charge in [-0.15, -0.1) is 11.3 Å². The molecule has 0 amide bonds. The number of halogens is 2. The summed E-state index contributed by atoms with van der Waals surface area (Å²) >= 11 is 7.71. The Hall–Kier alpha value is -1.79. The number of nitrogen functional groups attached to an aromatic ring is 1. The molecule has 4 rings (SSSR count). The second-order valence-corrected chi connectivity index (χ2v) is 7.41. The Kier molecular flexibility index (Phi) is 4.10. The number of hydrogen-bond donors (Lipinski definition) is 2. The summed E-state index contributed by atoms with van der Waals surface area (Å²) in [5, 5.41) is 5.76. The summed E-state index contributed by atoms with van der Waals surface area (Å²) in [6.07, 6.45) is 5.87. The quantitative estimate of drug-likeness (QED) is 0.673. The summed E-state index contributed by atoms with van der Waals surface area (Å²) in [5.41, 5.74) is 6.97. The second-order valence-electron chi connectivity index (χ2n) is 6.16. The topological polar surface area (TPSA) is 55.3 Å². The van der Waals surface area contributed by atoms with Gasteiger partial charge in [0.2, 0.25) is 0 Å². The minimum atomic E-state index is -0.376. The molecule has 0 unspecified atom stereocenters. The van der Waals surface area contributed by atoms with Crippen LogP contribution in [0, 0.1) is 5.82 Å². The number of aromatic nitrogens is 2. The van der Waals surface area contributed by atoms with Crippen LogP contribution in [0.1, 0.15) is 32.1 Å². The molecule has 2 heterocycles. The normalized spacial score (nSPS) is 15.9. The van der Waals surface area contributed by atoms with Crippen LogP contribution >= 0.6 is 22.9 Å². The van der Waals surface area contributed by atoms with Crippen LogP contribution < -0.4 is 11.1 Å². The highest BCUT2D eigenvalue weighted by Gasteiger charge is 2.24. The SMILES string of the molecule is Nc1csc2nc(-c3c(F)cccc3Cl)c(NC3CCCCC3)n12. The summed E-state index contributed by atoms with van der Waals surface area (Å²) in [4.78, 5) is 5.34. The maximum absolute atomic E-state index is 14.4. The Bertz CT molecular complexity index is 862. The number of hydrogen-bond acceptors (Lipinski definition) is 4. The van der Waals surface area contributed by atoms with E-state index in [0.717, 1.165) is 23.6 Å². The highest BCUT2D eigenvalue weighted by Crippen LogP contribution is 2.39. The Morgan fingerprint density at radius 3 is 2.83 bits per heavy atom. The van der Waals surface area contributed by atoms with Gasteiger partial charge in [0.15, 0.2) is 4.96 Å². The number of imidazole rings is 1. The number of anilines is 2. The molecule has 7 heteroatoms. The van der Waals surface area contributed by atoms with Gasteiger partial charge in [-0.25, -0.2) is 9.37 Å². The largest absolute Gasteiger partial charge is 0.384 e. The molecular formula is C17H18ClFN4S. The van der Waals surface area contributed by atoms with Crippen LogP contribution in [-0.4, -0.2) is 15.4 Å². The number of benzene rings is 1. The molecule has 0 spiro atoms. The Morgan fingerprint density at radius 1 is 1.29 bits per heavy atom. The molecule has 0 aliphatic heterocycles. The second kappa shape index (κ2) is 6.26. The molecule has 1 aromatic carbocycles. The highest BCUT2D eigenvalue weighted by molar-refractivity contribution is 7.15. The molecule has 1 fully saturated rings. The maximum atomic E-state index is 14.4. The Balaban J connectivity index is 1.87. The van der Waals surface area contributed by atoms with Crippen molar-refractivity contribution in [2.45, 2.75) is 38.1 Å². The number of nitrogens with one attached hydrogen (secondary N) is 1. The van der Waals surface area contributed by atoms with Crippen molar-refractivity contribution in [3.8, 4) is 11.3 Å². The van der Waals surface area contributed by atoms with Crippen molar-refractivity contribution in [1.82, 2.24) is 9.38 Å². The van der Waals surface area contributed by atoms with Crippen molar-refractivity contribution in [2.24, 2.45) is 0 Å². The zero-order chi connectivity index (χ0) is 16.7. The van der Waals surface area contributed by atoms with Gasteiger partial charge in [0.25, 0.3) is 0 Å². The van der Waals surface area contributed by atoms with Gasteiger partial charge in [-0.05, 0) is 25.0 Å². The fraction of sp³-hybridized carbons (Fsp3) is 0.353. The van der Waals surface area contributed by atoms with Crippen LogP contribution in [-0.2, 0) is 0 Å². The van der Waals surface area contributed by atoms with Gasteiger partial charge >= 0.3 is 0 Å². The number of nitrogens with two attached hydrogens (primary N) is 1. The first kappa shape index (κ1) is 15.7. The van der Waals surface area contributed by atoms with E-state index in [1.165, 1.54) is 36.7 Å². The van der Waals surface area contributed by atoms with Crippen LogP contribution in [0.3, 0.4) is 0 Å². The third kappa shape index (κ3) is 2.63. The number of rotatable bonds is 3.